The van der Waals surface area contributed by atoms with Crippen LogP contribution in [0.3, 0.4) is 0 Å². The van der Waals surface area contributed by atoms with Gasteiger partial charge in [0.05, 0.1) is 0 Å². The van der Waals surface area contributed by atoms with Crippen molar-refractivity contribution in [2.24, 2.45) is 0 Å². The maximum Gasteiger partial charge on any atom is 0.254 e. The van der Waals surface area contributed by atoms with Crippen LogP contribution in [0.15, 0.2) is 12.1 Å². The number of amides is 1. The first-order chi connectivity index (χ1) is 9.65. The van der Waals surface area contributed by atoms with E-state index in [0.717, 1.165) is 44.3 Å². The summed E-state index contributed by atoms with van der Waals surface area (Å²) in [6.07, 6.45) is 6.45. The van der Waals surface area contributed by atoms with Gasteiger partial charge in [0.2, 0.25) is 0 Å². The summed E-state index contributed by atoms with van der Waals surface area (Å²) in [4.78, 5) is 19.0. The normalized spacial score (nSPS) is 19.1. The second-order valence-corrected chi connectivity index (χ2v) is 5.85. The third kappa shape index (κ3) is 3.51. The number of nitrogens with zero attached hydrogens (tertiary/aromatic N) is 2. The molecule has 1 atom stereocenters. The van der Waals surface area contributed by atoms with Crippen molar-refractivity contribution < 1.29 is 4.79 Å². The Hall–Kier alpha value is -1.09. The molecule has 1 fully saturated rings. The average Bonchev–Trinajstić information content (AvgIpc) is 2.46. The first kappa shape index (κ1) is 15.3. The summed E-state index contributed by atoms with van der Waals surface area (Å²) in [7, 11) is 0. The summed E-state index contributed by atoms with van der Waals surface area (Å²) in [6, 6.07) is 3.96. The number of aromatic nitrogens is 1. The fourth-order valence-corrected chi connectivity index (χ4v) is 3.15. The van der Waals surface area contributed by atoms with Crippen molar-refractivity contribution in [1.82, 2.24) is 9.88 Å². The molecule has 0 saturated carbocycles. The third-order valence-electron chi connectivity index (χ3n) is 3.97. The van der Waals surface area contributed by atoms with Crippen LogP contribution >= 0.6 is 11.6 Å². The van der Waals surface area contributed by atoms with Crippen molar-refractivity contribution in [2.45, 2.75) is 58.4 Å². The van der Waals surface area contributed by atoms with Crippen LogP contribution in [0.4, 0.5) is 0 Å². The molecule has 0 N–H and O–H groups in total. The average molecular weight is 295 g/mol. The van der Waals surface area contributed by atoms with Crippen LogP contribution in [-0.2, 0) is 6.42 Å². The molecular formula is C16H23ClN2O. The Morgan fingerprint density at radius 2 is 2.20 bits per heavy atom. The van der Waals surface area contributed by atoms with Gasteiger partial charge in [0.15, 0.2) is 0 Å². The van der Waals surface area contributed by atoms with Gasteiger partial charge in [-0.15, -0.1) is 0 Å². The quantitative estimate of drug-likeness (QED) is 0.784. The highest BCUT2D eigenvalue weighted by Gasteiger charge is 2.27. The number of aryl methyl sites for hydroxylation is 1. The highest BCUT2D eigenvalue weighted by Crippen LogP contribution is 2.24. The Bertz CT molecular complexity index is 474. The number of pyridine rings is 1. The van der Waals surface area contributed by atoms with Gasteiger partial charge < -0.3 is 4.90 Å². The van der Waals surface area contributed by atoms with E-state index in [9.17, 15) is 4.79 Å². The summed E-state index contributed by atoms with van der Waals surface area (Å²) in [5.74, 6) is 0.113. The Morgan fingerprint density at radius 3 is 2.90 bits per heavy atom. The highest BCUT2D eigenvalue weighted by molar-refractivity contribution is 6.29. The van der Waals surface area contributed by atoms with E-state index < -0.39 is 0 Å². The van der Waals surface area contributed by atoms with Gasteiger partial charge in [0.1, 0.15) is 5.15 Å². The number of rotatable bonds is 4. The van der Waals surface area contributed by atoms with E-state index in [2.05, 4.69) is 11.9 Å². The molecule has 110 valence electrons. The van der Waals surface area contributed by atoms with Crippen LogP contribution < -0.4 is 0 Å². The predicted molar refractivity (Wildman–Crippen MR) is 82.2 cm³/mol. The fourth-order valence-electron chi connectivity index (χ4n) is 2.92. The van der Waals surface area contributed by atoms with E-state index in [0.29, 0.717) is 16.8 Å². The highest BCUT2D eigenvalue weighted by atomic mass is 35.5. The van der Waals surface area contributed by atoms with Gasteiger partial charge in [0, 0.05) is 23.8 Å². The Labute approximate surface area is 126 Å². The number of likely N-dealkylation sites (tertiary alicyclic amines) is 1. The molecule has 1 aliphatic heterocycles. The largest absolute Gasteiger partial charge is 0.336 e. The van der Waals surface area contributed by atoms with Gasteiger partial charge in [-0.3, -0.25) is 4.79 Å². The molecule has 1 aliphatic rings. The number of hydrogen-bond donors (Lipinski definition) is 0. The molecule has 0 spiro atoms. The van der Waals surface area contributed by atoms with Crippen molar-refractivity contribution in [3.05, 3.63) is 28.5 Å². The van der Waals surface area contributed by atoms with Crippen molar-refractivity contribution in [3.8, 4) is 0 Å². The SMILES string of the molecule is CCCC1CCCCN1C(=O)c1cc(Cl)nc(CC)c1. The van der Waals surface area contributed by atoms with Gasteiger partial charge in [-0.2, -0.15) is 0 Å². The van der Waals surface area contributed by atoms with Crippen molar-refractivity contribution in [2.75, 3.05) is 6.54 Å². The van der Waals surface area contributed by atoms with Crippen LogP contribution in [0.5, 0.6) is 0 Å². The van der Waals surface area contributed by atoms with Crippen molar-refractivity contribution >= 4 is 17.5 Å². The number of carbonyl (C=O) groups excluding carboxylic acids is 1. The monoisotopic (exact) mass is 294 g/mol. The zero-order valence-electron chi connectivity index (χ0n) is 12.4. The topological polar surface area (TPSA) is 33.2 Å². The number of halogens is 1. The second kappa shape index (κ2) is 7.07. The summed E-state index contributed by atoms with van der Waals surface area (Å²) in [6.45, 7) is 5.06. The van der Waals surface area contributed by atoms with Crippen LogP contribution in [0.1, 0.15) is 62.0 Å². The molecular weight excluding hydrogens is 272 g/mol. The molecule has 0 aromatic carbocycles. The van der Waals surface area contributed by atoms with Crippen LogP contribution in [0, 0.1) is 0 Å². The first-order valence-electron chi connectivity index (χ1n) is 7.63. The minimum Gasteiger partial charge on any atom is -0.336 e. The number of hydrogen-bond acceptors (Lipinski definition) is 2. The van der Waals surface area contributed by atoms with Gasteiger partial charge in [-0.1, -0.05) is 31.9 Å². The van der Waals surface area contributed by atoms with Gasteiger partial charge in [-0.25, -0.2) is 4.98 Å². The molecule has 0 bridgehead atoms. The molecule has 1 unspecified atom stereocenters. The molecule has 4 heteroatoms. The Morgan fingerprint density at radius 1 is 1.40 bits per heavy atom. The van der Waals surface area contributed by atoms with Crippen LogP contribution in [-0.4, -0.2) is 28.4 Å². The van der Waals surface area contributed by atoms with Crippen LogP contribution in [0.25, 0.3) is 0 Å². The molecule has 1 saturated heterocycles. The molecule has 3 nitrogen and oxygen atoms in total. The van der Waals surface area contributed by atoms with E-state index in [1.165, 1.54) is 6.42 Å². The van der Waals surface area contributed by atoms with E-state index in [1.54, 1.807) is 6.07 Å². The van der Waals surface area contributed by atoms with Crippen molar-refractivity contribution in [3.63, 3.8) is 0 Å². The maximum atomic E-state index is 12.7. The third-order valence-corrected chi connectivity index (χ3v) is 4.16. The second-order valence-electron chi connectivity index (χ2n) is 5.46. The molecule has 1 aromatic heterocycles. The summed E-state index contributed by atoms with van der Waals surface area (Å²) < 4.78 is 0. The smallest absolute Gasteiger partial charge is 0.254 e. The minimum absolute atomic E-state index is 0.113. The lowest BCUT2D eigenvalue weighted by Crippen LogP contribution is -2.43. The molecule has 1 aromatic rings. The zero-order valence-corrected chi connectivity index (χ0v) is 13.1. The molecule has 2 rings (SSSR count). The molecule has 0 radical (unpaired) electrons. The van der Waals surface area contributed by atoms with Gasteiger partial charge in [0.25, 0.3) is 5.91 Å². The Balaban J connectivity index is 2.22. The van der Waals surface area contributed by atoms with Crippen LogP contribution in [0.2, 0.25) is 5.15 Å². The number of piperidine rings is 1. The lowest BCUT2D eigenvalue weighted by Gasteiger charge is -2.36. The summed E-state index contributed by atoms with van der Waals surface area (Å²) in [5.41, 5.74) is 1.56. The maximum absolute atomic E-state index is 12.7. The molecule has 20 heavy (non-hydrogen) atoms. The minimum atomic E-state index is 0.113. The first-order valence-corrected chi connectivity index (χ1v) is 8.01. The Kier molecular flexibility index (Phi) is 5.41. The number of carbonyl (C=O) groups is 1. The van der Waals surface area contributed by atoms with Crippen molar-refractivity contribution in [1.29, 1.82) is 0 Å². The molecule has 2 heterocycles. The van der Waals surface area contributed by atoms with Gasteiger partial charge >= 0.3 is 0 Å². The summed E-state index contributed by atoms with van der Waals surface area (Å²) in [5, 5.41) is 0.414. The fraction of sp³-hybridized carbons (Fsp3) is 0.625. The van der Waals surface area contributed by atoms with Gasteiger partial charge in [-0.05, 0) is 44.2 Å². The van der Waals surface area contributed by atoms with E-state index in [4.69, 9.17) is 11.6 Å². The lowest BCUT2D eigenvalue weighted by molar-refractivity contribution is 0.0600. The summed E-state index contributed by atoms with van der Waals surface area (Å²) >= 11 is 6.03. The van der Waals surface area contributed by atoms with E-state index in [-0.39, 0.29) is 5.91 Å². The predicted octanol–water partition coefficient (Wildman–Crippen LogP) is 4.09. The standard InChI is InChI=1S/C16H23ClN2O/c1-3-7-14-8-5-6-9-19(14)16(20)12-10-13(4-2)18-15(17)11-12/h10-11,14H,3-9H2,1-2H3. The van der Waals surface area contributed by atoms with E-state index in [1.807, 2.05) is 17.9 Å². The zero-order chi connectivity index (χ0) is 14.5. The molecule has 1 amide bonds. The lowest BCUT2D eigenvalue weighted by atomic mass is 9.97. The van der Waals surface area contributed by atoms with E-state index >= 15 is 0 Å². The molecule has 0 aliphatic carbocycles.